The summed E-state index contributed by atoms with van der Waals surface area (Å²) in [7, 11) is 1.68. The van der Waals surface area contributed by atoms with Crippen LogP contribution in [0.3, 0.4) is 0 Å². The van der Waals surface area contributed by atoms with Crippen molar-refractivity contribution in [3.63, 3.8) is 0 Å². The Morgan fingerprint density at radius 3 is 2.80 bits per heavy atom. The van der Waals surface area contributed by atoms with Crippen molar-refractivity contribution in [2.75, 3.05) is 20.1 Å². The minimum absolute atomic E-state index is 0.102. The molecule has 1 heterocycles. The second-order valence-electron chi connectivity index (χ2n) is 5.97. The first-order chi connectivity index (χ1) is 12.0. The number of guanidine groups is 1. The molecule has 0 saturated carbocycles. The van der Waals surface area contributed by atoms with E-state index in [1.807, 2.05) is 20.0 Å². The predicted molar refractivity (Wildman–Crippen MR) is 97.2 cm³/mol. The van der Waals surface area contributed by atoms with Gasteiger partial charge in [-0.3, -0.25) is 9.79 Å². The number of esters is 1. The van der Waals surface area contributed by atoms with Crippen molar-refractivity contribution < 1.29 is 13.9 Å². The average Bonchev–Trinajstić information content (AvgIpc) is 2.94. The van der Waals surface area contributed by atoms with Gasteiger partial charge < -0.3 is 20.4 Å². The van der Waals surface area contributed by atoms with Crippen LogP contribution in [0.15, 0.2) is 29.4 Å². The highest BCUT2D eigenvalue weighted by Crippen LogP contribution is 2.19. The summed E-state index contributed by atoms with van der Waals surface area (Å²) in [5.74, 6) is 0.145. The van der Waals surface area contributed by atoms with Crippen LogP contribution < -0.4 is 10.6 Å². The Bertz CT molecular complexity index is 740. The summed E-state index contributed by atoms with van der Waals surface area (Å²) >= 11 is 0. The molecule has 0 saturated heterocycles. The third kappa shape index (κ3) is 5.77. The van der Waals surface area contributed by atoms with Crippen LogP contribution in [0, 0.1) is 5.82 Å². The topological polar surface area (TPSA) is 78.5 Å². The molecule has 0 unspecified atom stereocenters. The Morgan fingerprint density at radius 2 is 2.08 bits per heavy atom. The minimum atomic E-state index is -0.250. The van der Waals surface area contributed by atoms with E-state index in [0.29, 0.717) is 19.0 Å². The monoisotopic (exact) mass is 348 g/mol. The van der Waals surface area contributed by atoms with Crippen LogP contribution in [0.5, 0.6) is 0 Å². The molecular formula is C18H25FN4O2. The fourth-order valence-electron chi connectivity index (χ4n) is 2.51. The molecular weight excluding hydrogens is 323 g/mol. The van der Waals surface area contributed by atoms with Crippen LogP contribution >= 0.6 is 0 Å². The normalized spacial score (nSPS) is 11.8. The molecule has 2 rings (SSSR count). The molecule has 7 heteroatoms. The SMILES string of the molecule is CN=C(NCCC(=O)OC(C)C)NCCc1c[nH]c2cc(F)ccc12. The number of halogens is 1. The van der Waals surface area contributed by atoms with E-state index >= 15 is 0 Å². The number of carbonyl (C=O) groups is 1. The molecule has 0 spiro atoms. The van der Waals surface area contributed by atoms with Crippen LogP contribution in [0.1, 0.15) is 25.8 Å². The van der Waals surface area contributed by atoms with Crippen molar-refractivity contribution in [3.8, 4) is 0 Å². The molecule has 0 amide bonds. The summed E-state index contributed by atoms with van der Waals surface area (Å²) in [6.45, 7) is 4.77. The molecule has 136 valence electrons. The number of carbonyl (C=O) groups excluding carboxylic acids is 1. The summed E-state index contributed by atoms with van der Waals surface area (Å²) in [6, 6.07) is 4.73. The highest BCUT2D eigenvalue weighted by molar-refractivity contribution is 5.83. The van der Waals surface area contributed by atoms with E-state index in [1.54, 1.807) is 13.1 Å². The van der Waals surface area contributed by atoms with Gasteiger partial charge in [-0.2, -0.15) is 0 Å². The number of aromatic amines is 1. The van der Waals surface area contributed by atoms with E-state index in [9.17, 15) is 9.18 Å². The smallest absolute Gasteiger partial charge is 0.307 e. The quantitative estimate of drug-likeness (QED) is 0.408. The van der Waals surface area contributed by atoms with Crippen molar-refractivity contribution >= 4 is 22.8 Å². The summed E-state index contributed by atoms with van der Waals surface area (Å²) in [5, 5.41) is 7.29. The molecule has 0 radical (unpaired) electrons. The molecule has 0 bridgehead atoms. The van der Waals surface area contributed by atoms with Gasteiger partial charge in [-0.1, -0.05) is 0 Å². The van der Waals surface area contributed by atoms with Crippen LogP contribution in [0.25, 0.3) is 10.9 Å². The van der Waals surface area contributed by atoms with Gasteiger partial charge in [0.15, 0.2) is 5.96 Å². The van der Waals surface area contributed by atoms with E-state index in [2.05, 4.69) is 20.6 Å². The number of rotatable bonds is 7. The second-order valence-corrected chi connectivity index (χ2v) is 5.97. The van der Waals surface area contributed by atoms with E-state index in [0.717, 1.165) is 22.9 Å². The lowest BCUT2D eigenvalue weighted by Gasteiger charge is -2.12. The maximum atomic E-state index is 13.2. The van der Waals surface area contributed by atoms with E-state index in [1.165, 1.54) is 12.1 Å². The second kappa shape index (κ2) is 9.05. The van der Waals surface area contributed by atoms with Crippen molar-refractivity contribution in [1.29, 1.82) is 0 Å². The molecule has 2 aromatic rings. The summed E-state index contributed by atoms with van der Waals surface area (Å²) in [4.78, 5) is 18.7. The highest BCUT2D eigenvalue weighted by atomic mass is 19.1. The number of benzene rings is 1. The standard InChI is InChI=1S/C18H25FN4O2/c1-12(2)25-17(24)7-9-22-18(20-3)21-8-6-13-11-23-16-10-14(19)4-5-15(13)16/h4-5,10-12,23H,6-9H2,1-3H3,(H2,20,21,22). The molecule has 0 fully saturated rings. The summed E-state index contributed by atoms with van der Waals surface area (Å²) < 4.78 is 18.3. The lowest BCUT2D eigenvalue weighted by Crippen LogP contribution is -2.39. The first kappa shape index (κ1) is 18.8. The third-order valence-electron chi connectivity index (χ3n) is 3.63. The van der Waals surface area contributed by atoms with Gasteiger partial charge in [0.1, 0.15) is 5.82 Å². The van der Waals surface area contributed by atoms with Gasteiger partial charge in [-0.15, -0.1) is 0 Å². The highest BCUT2D eigenvalue weighted by Gasteiger charge is 2.07. The van der Waals surface area contributed by atoms with Gasteiger partial charge in [0, 0.05) is 37.2 Å². The van der Waals surface area contributed by atoms with Gasteiger partial charge >= 0.3 is 5.97 Å². The number of H-pyrrole nitrogens is 1. The fourth-order valence-corrected chi connectivity index (χ4v) is 2.51. The molecule has 0 atom stereocenters. The van der Waals surface area contributed by atoms with Gasteiger partial charge in [-0.25, -0.2) is 4.39 Å². The predicted octanol–water partition coefficient (Wildman–Crippen LogP) is 2.36. The number of aromatic nitrogens is 1. The Morgan fingerprint density at radius 1 is 1.32 bits per heavy atom. The molecule has 6 nitrogen and oxygen atoms in total. The van der Waals surface area contributed by atoms with E-state index in [-0.39, 0.29) is 24.3 Å². The van der Waals surface area contributed by atoms with Gasteiger partial charge in [0.25, 0.3) is 0 Å². The molecule has 0 aliphatic heterocycles. The Labute approximate surface area is 146 Å². The molecule has 25 heavy (non-hydrogen) atoms. The van der Waals surface area contributed by atoms with Gasteiger partial charge in [0.05, 0.1) is 12.5 Å². The van der Waals surface area contributed by atoms with Gasteiger partial charge in [0.2, 0.25) is 0 Å². The Balaban J connectivity index is 1.76. The number of aliphatic imine (C=N–C) groups is 1. The number of ether oxygens (including phenoxy) is 1. The number of hydrogen-bond donors (Lipinski definition) is 3. The number of fused-ring (bicyclic) bond motifs is 1. The number of hydrogen-bond acceptors (Lipinski definition) is 3. The van der Waals surface area contributed by atoms with Crippen LogP contribution in [-0.2, 0) is 16.0 Å². The van der Waals surface area contributed by atoms with Gasteiger partial charge in [-0.05, 0) is 44.0 Å². The maximum absolute atomic E-state index is 13.2. The van der Waals surface area contributed by atoms with Crippen molar-refractivity contribution in [1.82, 2.24) is 15.6 Å². The van der Waals surface area contributed by atoms with E-state index in [4.69, 9.17) is 4.74 Å². The first-order valence-corrected chi connectivity index (χ1v) is 8.39. The zero-order valence-corrected chi connectivity index (χ0v) is 14.9. The molecule has 3 N–H and O–H groups in total. The molecule has 0 aliphatic carbocycles. The first-order valence-electron chi connectivity index (χ1n) is 8.39. The van der Waals surface area contributed by atoms with Crippen molar-refractivity contribution in [2.45, 2.75) is 32.8 Å². The fraction of sp³-hybridized carbons (Fsp3) is 0.444. The van der Waals surface area contributed by atoms with E-state index < -0.39 is 0 Å². The van der Waals surface area contributed by atoms with Crippen LogP contribution in [0.4, 0.5) is 4.39 Å². The largest absolute Gasteiger partial charge is 0.463 e. The zero-order chi connectivity index (χ0) is 18.2. The summed E-state index contributed by atoms with van der Waals surface area (Å²) in [5.41, 5.74) is 1.90. The van der Waals surface area contributed by atoms with Crippen molar-refractivity contribution in [2.24, 2.45) is 4.99 Å². The lowest BCUT2D eigenvalue weighted by molar-refractivity contribution is -0.147. The molecule has 1 aromatic heterocycles. The number of nitrogens with one attached hydrogen (secondary N) is 3. The lowest BCUT2D eigenvalue weighted by atomic mass is 10.1. The maximum Gasteiger partial charge on any atom is 0.307 e. The number of nitrogens with zero attached hydrogens (tertiary/aromatic N) is 1. The molecule has 0 aliphatic rings. The Kier molecular flexibility index (Phi) is 6.80. The molecule has 1 aromatic carbocycles. The van der Waals surface area contributed by atoms with Crippen LogP contribution in [-0.4, -0.2) is 43.2 Å². The zero-order valence-electron chi connectivity index (χ0n) is 14.9. The average molecular weight is 348 g/mol. The summed E-state index contributed by atoms with van der Waals surface area (Å²) in [6.07, 6.45) is 2.84. The van der Waals surface area contributed by atoms with Crippen LogP contribution in [0.2, 0.25) is 0 Å². The third-order valence-corrected chi connectivity index (χ3v) is 3.63. The van der Waals surface area contributed by atoms with Crippen molar-refractivity contribution in [3.05, 3.63) is 35.8 Å². The Hall–Kier alpha value is -2.57. The minimum Gasteiger partial charge on any atom is -0.463 e.